The van der Waals surface area contributed by atoms with Gasteiger partial charge in [0.1, 0.15) is 0 Å². The highest BCUT2D eigenvalue weighted by atomic mass is 32.2. The van der Waals surface area contributed by atoms with E-state index in [4.69, 9.17) is 0 Å². The number of rotatable bonds is 6. The van der Waals surface area contributed by atoms with Crippen LogP contribution in [0.15, 0.2) is 0 Å². The molecule has 0 aromatic rings. The van der Waals surface area contributed by atoms with Crippen LogP contribution < -0.4 is 10.0 Å². The molecule has 1 unspecified atom stereocenters. The Hall–Kier alpha value is -0.170. The SMILES string of the molecule is CNCC1CCN(S(=O)(=O)NC(C)C(C)C)CC1. The lowest BCUT2D eigenvalue weighted by Gasteiger charge is -2.32. The molecule has 1 aliphatic rings. The molecule has 0 bridgehead atoms. The van der Waals surface area contributed by atoms with Crippen LogP contribution in [0.5, 0.6) is 0 Å². The molecule has 18 heavy (non-hydrogen) atoms. The van der Waals surface area contributed by atoms with Gasteiger partial charge in [-0.25, -0.2) is 0 Å². The van der Waals surface area contributed by atoms with Crippen molar-refractivity contribution in [3.63, 3.8) is 0 Å². The van der Waals surface area contributed by atoms with E-state index in [1.54, 1.807) is 4.31 Å². The molecule has 1 rings (SSSR count). The molecule has 1 atom stereocenters. The molecule has 0 spiro atoms. The minimum Gasteiger partial charge on any atom is -0.319 e. The molecular formula is C12H27N3O2S. The third kappa shape index (κ3) is 4.50. The second-order valence-electron chi connectivity index (χ2n) is 5.56. The fraction of sp³-hybridized carbons (Fsp3) is 1.00. The first-order valence-electron chi connectivity index (χ1n) is 6.78. The molecular weight excluding hydrogens is 250 g/mol. The van der Waals surface area contributed by atoms with Crippen molar-refractivity contribution in [3.05, 3.63) is 0 Å². The molecule has 0 saturated carbocycles. The van der Waals surface area contributed by atoms with E-state index in [2.05, 4.69) is 10.0 Å². The van der Waals surface area contributed by atoms with Crippen molar-refractivity contribution in [1.82, 2.24) is 14.3 Å². The summed E-state index contributed by atoms with van der Waals surface area (Å²) in [6.07, 6.45) is 1.88. The van der Waals surface area contributed by atoms with Gasteiger partial charge in [0, 0.05) is 19.1 Å². The van der Waals surface area contributed by atoms with Crippen LogP contribution in [0, 0.1) is 11.8 Å². The quantitative estimate of drug-likeness (QED) is 0.755. The molecule has 2 N–H and O–H groups in total. The molecule has 1 heterocycles. The number of nitrogens with one attached hydrogen (secondary N) is 2. The molecule has 0 aromatic heterocycles. The summed E-state index contributed by atoms with van der Waals surface area (Å²) in [4.78, 5) is 0. The lowest BCUT2D eigenvalue weighted by atomic mass is 9.98. The molecule has 0 radical (unpaired) electrons. The Morgan fingerprint density at radius 1 is 1.22 bits per heavy atom. The Kier molecular flexibility index (Phi) is 6.04. The highest BCUT2D eigenvalue weighted by molar-refractivity contribution is 7.87. The predicted molar refractivity (Wildman–Crippen MR) is 74.6 cm³/mol. The van der Waals surface area contributed by atoms with E-state index in [1.165, 1.54) is 0 Å². The summed E-state index contributed by atoms with van der Waals surface area (Å²) in [7, 11) is -1.36. The first-order valence-corrected chi connectivity index (χ1v) is 8.22. The zero-order valence-electron chi connectivity index (χ0n) is 11.9. The molecule has 0 aliphatic carbocycles. The van der Waals surface area contributed by atoms with Crippen LogP contribution in [0.2, 0.25) is 0 Å². The van der Waals surface area contributed by atoms with Gasteiger partial charge in [0.15, 0.2) is 0 Å². The number of hydrogen-bond donors (Lipinski definition) is 2. The van der Waals surface area contributed by atoms with Gasteiger partial charge in [-0.05, 0) is 45.2 Å². The molecule has 108 valence electrons. The Morgan fingerprint density at radius 2 is 1.78 bits per heavy atom. The second kappa shape index (κ2) is 6.84. The van der Waals surface area contributed by atoms with E-state index in [9.17, 15) is 8.42 Å². The van der Waals surface area contributed by atoms with E-state index in [-0.39, 0.29) is 6.04 Å². The van der Waals surface area contributed by atoms with Crippen molar-refractivity contribution in [1.29, 1.82) is 0 Å². The Morgan fingerprint density at radius 3 is 2.22 bits per heavy atom. The van der Waals surface area contributed by atoms with Gasteiger partial charge in [-0.2, -0.15) is 17.4 Å². The molecule has 1 saturated heterocycles. The third-order valence-corrected chi connectivity index (χ3v) is 5.46. The normalized spacial score (nSPS) is 21.4. The minimum atomic E-state index is -3.30. The predicted octanol–water partition coefficient (Wildman–Crippen LogP) is 0.797. The second-order valence-corrected chi connectivity index (χ2v) is 7.26. The Labute approximate surface area is 112 Å². The zero-order chi connectivity index (χ0) is 13.8. The lowest BCUT2D eigenvalue weighted by Crippen LogP contribution is -2.49. The van der Waals surface area contributed by atoms with Gasteiger partial charge in [-0.15, -0.1) is 0 Å². The summed E-state index contributed by atoms with van der Waals surface area (Å²) in [5.41, 5.74) is 0. The minimum absolute atomic E-state index is 0.0231. The summed E-state index contributed by atoms with van der Waals surface area (Å²) < 4.78 is 28.7. The monoisotopic (exact) mass is 277 g/mol. The maximum Gasteiger partial charge on any atom is 0.279 e. The highest BCUT2D eigenvalue weighted by Gasteiger charge is 2.29. The van der Waals surface area contributed by atoms with Gasteiger partial charge in [0.25, 0.3) is 10.2 Å². The van der Waals surface area contributed by atoms with Gasteiger partial charge in [-0.1, -0.05) is 13.8 Å². The van der Waals surface area contributed by atoms with E-state index in [0.29, 0.717) is 24.9 Å². The summed E-state index contributed by atoms with van der Waals surface area (Å²) >= 11 is 0. The van der Waals surface area contributed by atoms with Crippen LogP contribution in [-0.2, 0) is 10.2 Å². The van der Waals surface area contributed by atoms with Gasteiger partial charge in [-0.3, -0.25) is 0 Å². The summed E-state index contributed by atoms with van der Waals surface area (Å²) in [6.45, 7) is 8.19. The maximum absolute atomic E-state index is 12.2. The first kappa shape index (κ1) is 15.9. The molecule has 0 aromatic carbocycles. The number of nitrogens with zero attached hydrogens (tertiary/aromatic N) is 1. The molecule has 0 amide bonds. The summed E-state index contributed by atoms with van der Waals surface area (Å²) in [5.74, 6) is 0.908. The van der Waals surface area contributed by atoms with Crippen LogP contribution in [0.4, 0.5) is 0 Å². The van der Waals surface area contributed by atoms with Crippen molar-refractivity contribution in [2.45, 2.75) is 39.7 Å². The molecule has 1 fully saturated rings. The van der Waals surface area contributed by atoms with Crippen molar-refractivity contribution < 1.29 is 8.42 Å². The third-order valence-electron chi connectivity index (χ3n) is 3.74. The highest BCUT2D eigenvalue weighted by Crippen LogP contribution is 2.18. The maximum atomic E-state index is 12.2. The topological polar surface area (TPSA) is 61.4 Å². The Balaban J connectivity index is 2.50. The van der Waals surface area contributed by atoms with Crippen LogP contribution in [-0.4, -0.2) is 45.4 Å². The molecule has 6 heteroatoms. The summed E-state index contributed by atoms with van der Waals surface area (Å²) in [5, 5.41) is 3.15. The van der Waals surface area contributed by atoms with Gasteiger partial charge in [0.05, 0.1) is 0 Å². The first-order chi connectivity index (χ1) is 8.36. The van der Waals surface area contributed by atoms with Gasteiger partial charge >= 0.3 is 0 Å². The van der Waals surface area contributed by atoms with Crippen LogP contribution in [0.3, 0.4) is 0 Å². The van der Waals surface area contributed by atoms with Crippen LogP contribution in [0.25, 0.3) is 0 Å². The standard InChI is InChI=1S/C12H27N3O2S/c1-10(2)11(3)14-18(16,17)15-7-5-12(6-8-15)9-13-4/h10-14H,5-9H2,1-4H3. The van der Waals surface area contributed by atoms with Crippen molar-refractivity contribution in [2.75, 3.05) is 26.7 Å². The molecule has 5 nitrogen and oxygen atoms in total. The lowest BCUT2D eigenvalue weighted by molar-refractivity contribution is 0.266. The van der Waals surface area contributed by atoms with E-state index < -0.39 is 10.2 Å². The zero-order valence-corrected chi connectivity index (χ0v) is 12.8. The largest absolute Gasteiger partial charge is 0.319 e. The smallest absolute Gasteiger partial charge is 0.279 e. The summed E-state index contributed by atoms with van der Waals surface area (Å²) in [6, 6.07) is -0.0231. The Bertz CT molecular complexity index is 335. The van der Waals surface area contributed by atoms with Crippen molar-refractivity contribution in [2.24, 2.45) is 11.8 Å². The number of hydrogen-bond acceptors (Lipinski definition) is 3. The van der Waals surface area contributed by atoms with Crippen LogP contribution >= 0.6 is 0 Å². The van der Waals surface area contributed by atoms with Gasteiger partial charge in [0.2, 0.25) is 0 Å². The average Bonchev–Trinajstić information content (AvgIpc) is 2.29. The van der Waals surface area contributed by atoms with E-state index >= 15 is 0 Å². The van der Waals surface area contributed by atoms with Crippen LogP contribution in [0.1, 0.15) is 33.6 Å². The van der Waals surface area contributed by atoms with E-state index in [1.807, 2.05) is 27.8 Å². The van der Waals surface area contributed by atoms with Crippen molar-refractivity contribution in [3.8, 4) is 0 Å². The average molecular weight is 277 g/mol. The fourth-order valence-electron chi connectivity index (χ4n) is 2.09. The van der Waals surface area contributed by atoms with Gasteiger partial charge < -0.3 is 5.32 Å². The fourth-order valence-corrected chi connectivity index (χ4v) is 3.67. The molecule has 1 aliphatic heterocycles. The van der Waals surface area contributed by atoms with Crippen molar-refractivity contribution >= 4 is 10.2 Å². The number of piperidine rings is 1. The van der Waals surface area contributed by atoms with E-state index in [0.717, 1.165) is 19.4 Å².